The summed E-state index contributed by atoms with van der Waals surface area (Å²) in [5, 5.41) is 0. The van der Waals surface area contributed by atoms with Gasteiger partial charge in [0.2, 0.25) is 5.91 Å². The molecule has 1 unspecified atom stereocenters. The number of ether oxygens (including phenoxy) is 2. The van der Waals surface area contributed by atoms with Crippen molar-refractivity contribution in [3.05, 3.63) is 59.5 Å². The van der Waals surface area contributed by atoms with Crippen LogP contribution in [0.5, 0.6) is 11.5 Å². The van der Waals surface area contributed by atoms with E-state index in [-0.39, 0.29) is 36.2 Å². The SMILES string of the molecule is COc1cc2c(cc1OC)CC(=O)N(CCCC1CCCN(CCCc3cccnc3)C1)C=C2.Cl.Cl.O. The van der Waals surface area contributed by atoms with Crippen molar-refractivity contribution >= 4 is 36.8 Å². The molecule has 1 saturated heterocycles. The lowest BCUT2D eigenvalue weighted by molar-refractivity contribution is -0.127. The van der Waals surface area contributed by atoms with Gasteiger partial charge in [0.05, 0.1) is 20.6 Å². The van der Waals surface area contributed by atoms with E-state index in [0.717, 1.165) is 43.0 Å². The van der Waals surface area contributed by atoms with Crippen molar-refractivity contribution in [2.24, 2.45) is 5.92 Å². The number of methoxy groups -OCH3 is 2. The van der Waals surface area contributed by atoms with E-state index in [4.69, 9.17) is 9.47 Å². The van der Waals surface area contributed by atoms with Gasteiger partial charge in [0.1, 0.15) is 0 Å². The Morgan fingerprint density at radius 3 is 2.59 bits per heavy atom. The molecule has 1 fully saturated rings. The lowest BCUT2D eigenvalue weighted by Crippen LogP contribution is -2.36. The first-order valence-corrected chi connectivity index (χ1v) is 12.5. The molecule has 0 saturated carbocycles. The highest BCUT2D eigenvalue weighted by molar-refractivity contribution is 5.86. The van der Waals surface area contributed by atoms with Crippen LogP contribution in [-0.4, -0.2) is 66.6 Å². The second kappa shape index (κ2) is 16.5. The predicted molar refractivity (Wildman–Crippen MR) is 153 cm³/mol. The molecule has 1 aromatic heterocycles. The number of amides is 1. The molecule has 206 valence electrons. The molecular weight excluding hydrogens is 513 g/mol. The van der Waals surface area contributed by atoms with Crippen molar-refractivity contribution in [1.29, 1.82) is 0 Å². The van der Waals surface area contributed by atoms with Gasteiger partial charge >= 0.3 is 0 Å². The van der Waals surface area contributed by atoms with Gasteiger partial charge in [-0.05, 0) is 98.5 Å². The minimum atomic E-state index is 0. The number of piperidine rings is 1. The number of fused-ring (bicyclic) bond motifs is 1. The maximum Gasteiger partial charge on any atom is 0.230 e. The Balaban J connectivity index is 0.00000228. The number of likely N-dealkylation sites (tertiary alicyclic amines) is 1. The fourth-order valence-corrected chi connectivity index (χ4v) is 5.16. The van der Waals surface area contributed by atoms with Crippen LogP contribution in [0.3, 0.4) is 0 Å². The predicted octanol–water partition coefficient (Wildman–Crippen LogP) is 4.60. The zero-order valence-corrected chi connectivity index (χ0v) is 23.5. The summed E-state index contributed by atoms with van der Waals surface area (Å²) < 4.78 is 10.8. The lowest BCUT2D eigenvalue weighted by atomic mass is 9.93. The highest BCUT2D eigenvalue weighted by Crippen LogP contribution is 2.33. The Morgan fingerprint density at radius 1 is 1.08 bits per heavy atom. The third-order valence-corrected chi connectivity index (χ3v) is 7.02. The van der Waals surface area contributed by atoms with Crippen molar-refractivity contribution in [1.82, 2.24) is 14.8 Å². The highest BCUT2D eigenvalue weighted by Gasteiger charge is 2.22. The van der Waals surface area contributed by atoms with Crippen LogP contribution in [-0.2, 0) is 17.6 Å². The summed E-state index contributed by atoms with van der Waals surface area (Å²) in [6.07, 6.45) is 15.2. The number of nitrogens with zero attached hydrogens (tertiary/aromatic N) is 3. The molecular formula is C28H41Cl2N3O4. The Hall–Kier alpha value is -2.32. The number of halogens is 2. The molecule has 1 aromatic carbocycles. The molecule has 9 heteroatoms. The van der Waals surface area contributed by atoms with Gasteiger partial charge < -0.3 is 24.7 Å². The van der Waals surface area contributed by atoms with Gasteiger partial charge in [-0.1, -0.05) is 6.07 Å². The molecule has 37 heavy (non-hydrogen) atoms. The molecule has 2 aliphatic rings. The molecule has 7 nitrogen and oxygen atoms in total. The molecule has 2 aromatic rings. The van der Waals surface area contributed by atoms with E-state index in [1.54, 1.807) is 14.2 Å². The van der Waals surface area contributed by atoms with Crippen LogP contribution in [0.15, 0.2) is 42.9 Å². The zero-order chi connectivity index (χ0) is 23.8. The number of aromatic nitrogens is 1. The minimum absolute atomic E-state index is 0. The number of benzene rings is 1. The van der Waals surface area contributed by atoms with E-state index in [9.17, 15) is 4.79 Å². The molecule has 1 amide bonds. The largest absolute Gasteiger partial charge is 0.493 e. The molecule has 4 rings (SSSR count). The van der Waals surface area contributed by atoms with Gasteiger partial charge in [-0.2, -0.15) is 0 Å². The Kier molecular flexibility index (Phi) is 14.6. The Morgan fingerprint density at radius 2 is 1.86 bits per heavy atom. The first-order chi connectivity index (χ1) is 16.7. The van der Waals surface area contributed by atoms with Gasteiger partial charge in [0, 0.05) is 31.7 Å². The first kappa shape index (κ1) is 32.7. The summed E-state index contributed by atoms with van der Waals surface area (Å²) in [5.41, 5.74) is 3.32. The maximum absolute atomic E-state index is 12.9. The minimum Gasteiger partial charge on any atom is -0.493 e. The van der Waals surface area contributed by atoms with Gasteiger partial charge in [0.25, 0.3) is 0 Å². The standard InChI is InChI=1S/C28H37N3O3.2ClH.H2O/c1-33-26-17-24-11-16-31(28(32)19-25(24)18-27(26)34-2)15-6-10-23-9-5-14-30(21-23)13-4-8-22-7-3-12-29-20-22;;;/h3,7,11-12,16-18,20,23H,4-6,8-10,13-15,19,21H2,1-2H3;2*1H;1H2. The first-order valence-electron chi connectivity index (χ1n) is 12.5. The van der Waals surface area contributed by atoms with Gasteiger partial charge in [-0.15, -0.1) is 24.8 Å². The van der Waals surface area contributed by atoms with E-state index in [0.29, 0.717) is 17.9 Å². The summed E-state index contributed by atoms with van der Waals surface area (Å²) in [6.45, 7) is 4.32. The number of rotatable bonds is 10. The second-order valence-corrected chi connectivity index (χ2v) is 9.40. The van der Waals surface area contributed by atoms with Crippen molar-refractivity contribution in [2.45, 2.75) is 44.9 Å². The number of hydrogen-bond acceptors (Lipinski definition) is 5. The summed E-state index contributed by atoms with van der Waals surface area (Å²) in [4.78, 5) is 21.6. The normalized spacial score (nSPS) is 17.0. The zero-order valence-electron chi connectivity index (χ0n) is 21.9. The molecule has 0 spiro atoms. The molecule has 0 bridgehead atoms. The van der Waals surface area contributed by atoms with Crippen LogP contribution >= 0.6 is 24.8 Å². The van der Waals surface area contributed by atoms with Crippen LogP contribution in [0.1, 0.15) is 48.8 Å². The molecule has 3 heterocycles. The molecule has 1 atom stereocenters. The van der Waals surface area contributed by atoms with Crippen molar-refractivity contribution in [2.75, 3.05) is 40.4 Å². The summed E-state index contributed by atoms with van der Waals surface area (Å²) in [6, 6.07) is 8.05. The quantitative estimate of drug-likeness (QED) is 0.429. The smallest absolute Gasteiger partial charge is 0.230 e. The fraction of sp³-hybridized carbons (Fsp3) is 0.500. The van der Waals surface area contributed by atoms with Crippen LogP contribution in [0, 0.1) is 5.92 Å². The Bertz CT molecular complexity index is 991. The number of carbonyl (C=O) groups is 1. The average Bonchev–Trinajstić information content (AvgIpc) is 3.02. The van der Waals surface area contributed by atoms with E-state index in [2.05, 4.69) is 16.0 Å². The number of carbonyl (C=O) groups excluding carboxylic acids is 1. The van der Waals surface area contributed by atoms with Crippen LogP contribution in [0.2, 0.25) is 0 Å². The number of aryl methyl sites for hydroxylation is 1. The van der Waals surface area contributed by atoms with E-state index in [1.807, 2.05) is 47.8 Å². The number of hydrogen-bond donors (Lipinski definition) is 0. The third-order valence-electron chi connectivity index (χ3n) is 7.02. The average molecular weight is 555 g/mol. The van der Waals surface area contributed by atoms with Gasteiger partial charge in [-0.25, -0.2) is 0 Å². The fourth-order valence-electron chi connectivity index (χ4n) is 5.16. The van der Waals surface area contributed by atoms with E-state index < -0.39 is 0 Å². The van der Waals surface area contributed by atoms with Crippen molar-refractivity contribution in [3.63, 3.8) is 0 Å². The van der Waals surface area contributed by atoms with Crippen molar-refractivity contribution < 1.29 is 19.7 Å². The second-order valence-electron chi connectivity index (χ2n) is 9.40. The summed E-state index contributed by atoms with van der Waals surface area (Å²) in [7, 11) is 3.26. The molecule has 2 aliphatic heterocycles. The lowest BCUT2D eigenvalue weighted by Gasteiger charge is -2.33. The third kappa shape index (κ3) is 9.18. The van der Waals surface area contributed by atoms with Crippen LogP contribution < -0.4 is 9.47 Å². The molecule has 0 aliphatic carbocycles. The topological polar surface area (TPSA) is 86.4 Å². The number of pyridine rings is 1. The van der Waals surface area contributed by atoms with Gasteiger partial charge in [-0.3, -0.25) is 9.78 Å². The van der Waals surface area contributed by atoms with Crippen LogP contribution in [0.25, 0.3) is 6.08 Å². The van der Waals surface area contributed by atoms with E-state index >= 15 is 0 Å². The molecule has 0 radical (unpaired) electrons. The maximum atomic E-state index is 12.9. The molecule has 2 N–H and O–H groups in total. The summed E-state index contributed by atoms with van der Waals surface area (Å²) in [5.74, 6) is 2.22. The van der Waals surface area contributed by atoms with Gasteiger partial charge in [0.15, 0.2) is 11.5 Å². The highest BCUT2D eigenvalue weighted by atomic mass is 35.5. The Labute approximate surface area is 233 Å². The monoisotopic (exact) mass is 553 g/mol. The van der Waals surface area contributed by atoms with Crippen LogP contribution in [0.4, 0.5) is 0 Å². The summed E-state index contributed by atoms with van der Waals surface area (Å²) >= 11 is 0. The van der Waals surface area contributed by atoms with E-state index in [1.165, 1.54) is 44.3 Å². The van der Waals surface area contributed by atoms with Crippen molar-refractivity contribution in [3.8, 4) is 11.5 Å².